The highest BCUT2D eigenvalue weighted by molar-refractivity contribution is 5.92. The molecule has 2 aliphatic rings. The molecule has 2 aromatic carbocycles. The van der Waals surface area contributed by atoms with Crippen LogP contribution in [0.3, 0.4) is 0 Å². The summed E-state index contributed by atoms with van der Waals surface area (Å²) in [6.45, 7) is -0.632. The summed E-state index contributed by atoms with van der Waals surface area (Å²) >= 11 is 0. The van der Waals surface area contributed by atoms with E-state index < -0.39 is 17.8 Å². The third-order valence-corrected chi connectivity index (χ3v) is 7.35. The molecule has 2 aliphatic carbocycles. The summed E-state index contributed by atoms with van der Waals surface area (Å²) in [6.07, 6.45) is 5.07. The summed E-state index contributed by atoms with van der Waals surface area (Å²) in [5.74, 6) is 0.424. The van der Waals surface area contributed by atoms with Crippen molar-refractivity contribution in [3.63, 3.8) is 0 Å². The number of pyridine rings is 2. The summed E-state index contributed by atoms with van der Waals surface area (Å²) in [5, 5.41) is 11.5. The van der Waals surface area contributed by atoms with Crippen molar-refractivity contribution in [3.8, 4) is 22.4 Å². The zero-order valence-corrected chi connectivity index (χ0v) is 18.3. The molecular weight excluding hydrogens is 413 g/mol. The summed E-state index contributed by atoms with van der Waals surface area (Å²) in [7, 11) is 0. The fourth-order valence-electron chi connectivity index (χ4n) is 5.43. The largest absolute Gasteiger partial charge is 0.389 e. The number of aliphatic hydroxyl groups is 1. The molecule has 0 atom stereocenters. The van der Waals surface area contributed by atoms with Crippen LogP contribution in [0.1, 0.15) is 36.9 Å². The standard InChI is InChI=1S/C28H26FN3O/c29-15-25-23-14-22(18-4-2-1-3-5-18)26(32-24(23)12-13-31-25)19-6-8-20(9-7-19)27(30)16-28(33,17-27)21-10-11-21/h1-9,12-14,21,33H,10-11,15-17,30H2. The molecule has 2 saturated carbocycles. The van der Waals surface area contributed by atoms with Gasteiger partial charge < -0.3 is 10.8 Å². The number of hydrogen-bond donors (Lipinski definition) is 2. The molecule has 0 aliphatic heterocycles. The minimum atomic E-state index is -0.632. The van der Waals surface area contributed by atoms with Gasteiger partial charge in [-0.1, -0.05) is 54.6 Å². The maximum Gasteiger partial charge on any atom is 0.132 e. The number of nitrogens with two attached hydrogens (primary N) is 1. The first-order chi connectivity index (χ1) is 16.0. The van der Waals surface area contributed by atoms with Gasteiger partial charge in [0.1, 0.15) is 6.67 Å². The van der Waals surface area contributed by atoms with Gasteiger partial charge in [-0.15, -0.1) is 0 Å². The van der Waals surface area contributed by atoms with Crippen LogP contribution in [0, 0.1) is 5.92 Å². The fraction of sp³-hybridized carbons (Fsp3) is 0.286. The molecule has 0 bridgehead atoms. The van der Waals surface area contributed by atoms with E-state index in [1.165, 1.54) is 0 Å². The molecule has 33 heavy (non-hydrogen) atoms. The van der Waals surface area contributed by atoms with Crippen molar-refractivity contribution in [2.24, 2.45) is 11.7 Å². The van der Waals surface area contributed by atoms with Gasteiger partial charge in [-0.05, 0) is 54.9 Å². The zero-order valence-electron chi connectivity index (χ0n) is 18.3. The summed E-state index contributed by atoms with van der Waals surface area (Å²) in [4.78, 5) is 9.13. The molecule has 2 heterocycles. The van der Waals surface area contributed by atoms with Crippen LogP contribution in [0.15, 0.2) is 72.9 Å². The lowest BCUT2D eigenvalue weighted by Crippen LogP contribution is -2.60. The summed E-state index contributed by atoms with van der Waals surface area (Å²) < 4.78 is 13.6. The average molecular weight is 440 g/mol. The molecule has 5 heteroatoms. The first-order valence-electron chi connectivity index (χ1n) is 11.5. The van der Waals surface area contributed by atoms with Gasteiger partial charge in [0.05, 0.1) is 22.5 Å². The molecule has 0 saturated heterocycles. The van der Waals surface area contributed by atoms with Gasteiger partial charge in [0.25, 0.3) is 0 Å². The maximum atomic E-state index is 13.6. The number of fused-ring (bicyclic) bond motifs is 1. The number of alkyl halides is 1. The fourth-order valence-corrected chi connectivity index (χ4v) is 5.43. The predicted octanol–water partition coefficient (Wildman–Crippen LogP) is 5.52. The van der Waals surface area contributed by atoms with Crippen molar-refractivity contribution in [2.45, 2.75) is 43.5 Å². The molecule has 3 N–H and O–H groups in total. The third kappa shape index (κ3) is 3.43. The van der Waals surface area contributed by atoms with Crippen molar-refractivity contribution < 1.29 is 9.50 Å². The van der Waals surface area contributed by atoms with E-state index in [2.05, 4.69) is 29.2 Å². The second kappa shape index (κ2) is 7.44. The van der Waals surface area contributed by atoms with Crippen LogP contribution in [0.2, 0.25) is 0 Å². The minimum absolute atomic E-state index is 0.400. The van der Waals surface area contributed by atoms with Crippen LogP contribution in [-0.2, 0) is 12.2 Å². The Labute approximate surface area is 192 Å². The topological polar surface area (TPSA) is 72.0 Å². The van der Waals surface area contributed by atoms with E-state index >= 15 is 0 Å². The average Bonchev–Trinajstić information content (AvgIpc) is 3.69. The van der Waals surface area contributed by atoms with E-state index in [1.54, 1.807) is 6.20 Å². The smallest absolute Gasteiger partial charge is 0.132 e. The monoisotopic (exact) mass is 439 g/mol. The lowest BCUT2D eigenvalue weighted by molar-refractivity contribution is -0.106. The summed E-state index contributed by atoms with van der Waals surface area (Å²) in [5.41, 5.74) is 11.5. The Hall–Kier alpha value is -3.15. The Morgan fingerprint density at radius 1 is 0.970 bits per heavy atom. The van der Waals surface area contributed by atoms with Crippen molar-refractivity contribution >= 4 is 10.9 Å². The van der Waals surface area contributed by atoms with Gasteiger partial charge in [-0.3, -0.25) is 4.98 Å². The van der Waals surface area contributed by atoms with E-state index in [9.17, 15) is 9.50 Å². The number of nitrogens with zero attached hydrogens (tertiary/aromatic N) is 2. The molecule has 2 aromatic heterocycles. The van der Waals surface area contributed by atoms with Gasteiger partial charge in [0, 0.05) is 28.2 Å². The second-order valence-corrected chi connectivity index (χ2v) is 9.67. The first kappa shape index (κ1) is 20.5. The Morgan fingerprint density at radius 2 is 1.70 bits per heavy atom. The van der Waals surface area contributed by atoms with Crippen molar-refractivity contribution in [1.82, 2.24) is 9.97 Å². The van der Waals surface area contributed by atoms with Gasteiger partial charge >= 0.3 is 0 Å². The molecule has 0 amide bonds. The molecule has 0 unspecified atom stereocenters. The van der Waals surface area contributed by atoms with E-state index in [0.717, 1.165) is 51.7 Å². The molecule has 4 nitrogen and oxygen atoms in total. The van der Waals surface area contributed by atoms with Crippen molar-refractivity contribution in [1.29, 1.82) is 0 Å². The Bertz CT molecular complexity index is 1330. The molecule has 166 valence electrons. The number of hydrogen-bond acceptors (Lipinski definition) is 4. The van der Waals surface area contributed by atoms with E-state index in [0.29, 0.717) is 24.5 Å². The Morgan fingerprint density at radius 3 is 2.36 bits per heavy atom. The number of rotatable bonds is 5. The Balaban J connectivity index is 1.42. The third-order valence-electron chi connectivity index (χ3n) is 7.35. The van der Waals surface area contributed by atoms with E-state index in [-0.39, 0.29) is 0 Å². The molecule has 4 aromatic rings. The first-order valence-corrected chi connectivity index (χ1v) is 11.5. The normalized spacial score (nSPS) is 24.6. The highest BCUT2D eigenvalue weighted by Gasteiger charge is 2.58. The lowest BCUT2D eigenvalue weighted by Gasteiger charge is -2.52. The van der Waals surface area contributed by atoms with Crippen LogP contribution in [0.5, 0.6) is 0 Å². The highest BCUT2D eigenvalue weighted by Crippen LogP contribution is 2.57. The minimum Gasteiger partial charge on any atom is -0.389 e. The highest BCUT2D eigenvalue weighted by atomic mass is 19.1. The zero-order chi connectivity index (χ0) is 22.6. The molecule has 6 rings (SSSR count). The van der Waals surface area contributed by atoms with Gasteiger partial charge in [-0.25, -0.2) is 9.37 Å². The van der Waals surface area contributed by atoms with Crippen LogP contribution in [0.4, 0.5) is 4.39 Å². The van der Waals surface area contributed by atoms with E-state index in [4.69, 9.17) is 10.7 Å². The lowest BCUT2D eigenvalue weighted by atomic mass is 9.60. The molecule has 0 radical (unpaired) electrons. The van der Waals surface area contributed by atoms with Crippen molar-refractivity contribution in [2.75, 3.05) is 0 Å². The van der Waals surface area contributed by atoms with Crippen LogP contribution < -0.4 is 5.73 Å². The van der Waals surface area contributed by atoms with Gasteiger partial charge in [0.15, 0.2) is 0 Å². The number of aromatic nitrogens is 2. The second-order valence-electron chi connectivity index (χ2n) is 9.67. The van der Waals surface area contributed by atoms with Crippen LogP contribution in [0.25, 0.3) is 33.3 Å². The maximum absolute atomic E-state index is 13.6. The molecule has 0 spiro atoms. The van der Waals surface area contributed by atoms with Gasteiger partial charge in [-0.2, -0.15) is 0 Å². The van der Waals surface area contributed by atoms with Crippen LogP contribution in [-0.4, -0.2) is 20.7 Å². The number of halogens is 1. The number of benzene rings is 2. The van der Waals surface area contributed by atoms with E-state index in [1.807, 2.05) is 42.5 Å². The quantitative estimate of drug-likeness (QED) is 0.429. The van der Waals surface area contributed by atoms with Crippen molar-refractivity contribution in [3.05, 3.63) is 84.2 Å². The van der Waals surface area contributed by atoms with Crippen LogP contribution >= 0.6 is 0 Å². The predicted molar refractivity (Wildman–Crippen MR) is 128 cm³/mol. The molecular formula is C28H26FN3O. The SMILES string of the molecule is NC1(c2ccc(-c3nc4ccnc(CF)c4cc3-c3ccccc3)cc2)CC(O)(C2CC2)C1. The summed E-state index contributed by atoms with van der Waals surface area (Å²) in [6, 6.07) is 22.1. The Kier molecular flexibility index (Phi) is 4.61. The van der Waals surface area contributed by atoms with Gasteiger partial charge in [0.2, 0.25) is 0 Å². The molecule has 2 fully saturated rings.